The second-order valence-corrected chi connectivity index (χ2v) is 4.02. The summed E-state index contributed by atoms with van der Waals surface area (Å²) in [5.74, 6) is 0. The Labute approximate surface area is 91.2 Å². The summed E-state index contributed by atoms with van der Waals surface area (Å²) in [6.07, 6.45) is 1.81. The first-order chi connectivity index (χ1) is 6.16. The van der Waals surface area contributed by atoms with Crippen LogP contribution in [0.15, 0.2) is 19.9 Å². The lowest BCUT2D eigenvalue weighted by atomic mass is 10.4. The molecule has 0 aliphatic rings. The van der Waals surface area contributed by atoms with Crippen LogP contribution in [0.2, 0.25) is 0 Å². The van der Waals surface area contributed by atoms with Crippen LogP contribution in [0.4, 0.5) is 4.39 Å². The second kappa shape index (κ2) is 4.85. The molecule has 3 nitrogen and oxygen atoms in total. The first kappa shape index (κ1) is 10.8. The first-order valence-corrected chi connectivity index (χ1v) is 5.22. The summed E-state index contributed by atoms with van der Waals surface area (Å²) in [4.78, 5) is 11.4. The van der Waals surface area contributed by atoms with Crippen molar-refractivity contribution in [3.63, 3.8) is 0 Å². The first-order valence-electron chi connectivity index (χ1n) is 3.64. The molecule has 0 aromatic carbocycles. The highest BCUT2D eigenvalue weighted by atomic mass is 79.9. The van der Waals surface area contributed by atoms with Crippen molar-refractivity contribution < 1.29 is 4.39 Å². The van der Waals surface area contributed by atoms with E-state index in [1.807, 2.05) is 0 Å². The minimum atomic E-state index is -0.443. The molecule has 0 unspecified atom stereocenters. The van der Waals surface area contributed by atoms with E-state index in [4.69, 9.17) is 0 Å². The van der Waals surface area contributed by atoms with Crippen LogP contribution >= 0.6 is 31.9 Å². The van der Waals surface area contributed by atoms with Crippen LogP contribution in [0.5, 0.6) is 0 Å². The van der Waals surface area contributed by atoms with Crippen LogP contribution in [-0.4, -0.2) is 16.5 Å². The van der Waals surface area contributed by atoms with Gasteiger partial charge in [0.15, 0.2) is 0 Å². The number of aryl methyl sites for hydroxylation is 1. The molecule has 1 heterocycles. The molecule has 1 aromatic heterocycles. The van der Waals surface area contributed by atoms with Crippen LogP contribution in [0.3, 0.4) is 0 Å². The van der Waals surface area contributed by atoms with E-state index in [0.717, 1.165) is 0 Å². The van der Waals surface area contributed by atoms with Gasteiger partial charge in [0, 0.05) is 6.54 Å². The molecule has 0 spiro atoms. The second-order valence-electron chi connectivity index (χ2n) is 2.38. The summed E-state index contributed by atoms with van der Waals surface area (Å²) in [6.45, 7) is -0.136. The molecule has 0 radical (unpaired) electrons. The summed E-state index contributed by atoms with van der Waals surface area (Å²) in [5.41, 5.74) is -0.247. The number of hydrogen-bond donors (Lipinski definition) is 0. The molecule has 1 rings (SSSR count). The van der Waals surface area contributed by atoms with Gasteiger partial charge in [-0.1, -0.05) is 0 Å². The zero-order chi connectivity index (χ0) is 9.84. The average Bonchev–Trinajstić information content (AvgIpc) is 2.13. The van der Waals surface area contributed by atoms with Gasteiger partial charge in [0.1, 0.15) is 4.47 Å². The van der Waals surface area contributed by atoms with Crippen molar-refractivity contribution in [3.8, 4) is 0 Å². The lowest BCUT2D eigenvalue weighted by Crippen LogP contribution is -2.23. The summed E-state index contributed by atoms with van der Waals surface area (Å²) in [6, 6.07) is 0. The molecular formula is C7H7Br2FN2O. The van der Waals surface area contributed by atoms with Gasteiger partial charge in [-0.05, 0) is 38.3 Å². The Morgan fingerprint density at radius 2 is 2.23 bits per heavy atom. The Morgan fingerprint density at radius 1 is 1.54 bits per heavy atom. The van der Waals surface area contributed by atoms with Gasteiger partial charge in [0.2, 0.25) is 0 Å². The molecule has 0 fully saturated rings. The maximum atomic E-state index is 11.8. The molecule has 0 amide bonds. The summed E-state index contributed by atoms with van der Waals surface area (Å²) in [5, 5.41) is 3.84. The molecule has 0 saturated heterocycles. The standard InChI is InChI=1S/C7H7Br2FN2O/c8-5-4-11-12(3-1-2-10)7(13)6(5)9/h4H,1-3H2. The number of rotatable bonds is 3. The minimum Gasteiger partial charge on any atom is -0.266 e. The zero-order valence-corrected chi connectivity index (χ0v) is 9.81. The molecule has 0 N–H and O–H groups in total. The van der Waals surface area contributed by atoms with Crippen LogP contribution in [0, 0.1) is 0 Å². The predicted molar refractivity (Wildman–Crippen MR) is 54.5 cm³/mol. The average molecular weight is 314 g/mol. The third-order valence-electron chi connectivity index (χ3n) is 1.45. The van der Waals surface area contributed by atoms with E-state index in [-0.39, 0.29) is 5.56 Å². The number of halogens is 3. The SMILES string of the molecule is O=c1c(Br)c(Br)cnn1CCCF. The molecule has 0 aliphatic heterocycles. The quantitative estimate of drug-likeness (QED) is 0.857. The van der Waals surface area contributed by atoms with Crippen molar-refractivity contribution in [1.29, 1.82) is 0 Å². The van der Waals surface area contributed by atoms with Gasteiger partial charge in [-0.2, -0.15) is 5.10 Å². The topological polar surface area (TPSA) is 34.9 Å². The van der Waals surface area contributed by atoms with Crippen LogP contribution < -0.4 is 5.56 Å². The van der Waals surface area contributed by atoms with Gasteiger partial charge < -0.3 is 0 Å². The maximum Gasteiger partial charge on any atom is 0.282 e. The van der Waals surface area contributed by atoms with E-state index >= 15 is 0 Å². The lowest BCUT2D eigenvalue weighted by Gasteiger charge is -2.03. The van der Waals surface area contributed by atoms with E-state index in [9.17, 15) is 9.18 Å². The Morgan fingerprint density at radius 3 is 2.85 bits per heavy atom. The third-order valence-corrected chi connectivity index (χ3v) is 3.35. The van der Waals surface area contributed by atoms with Crippen molar-refractivity contribution in [2.45, 2.75) is 13.0 Å². The third kappa shape index (κ3) is 2.60. The van der Waals surface area contributed by atoms with Crippen molar-refractivity contribution in [3.05, 3.63) is 25.5 Å². The molecular weight excluding hydrogens is 307 g/mol. The van der Waals surface area contributed by atoms with Gasteiger partial charge in [-0.25, -0.2) is 4.68 Å². The molecule has 72 valence electrons. The van der Waals surface area contributed by atoms with Crippen molar-refractivity contribution in [2.24, 2.45) is 0 Å². The number of nitrogens with zero attached hydrogens (tertiary/aromatic N) is 2. The monoisotopic (exact) mass is 312 g/mol. The van der Waals surface area contributed by atoms with E-state index < -0.39 is 6.67 Å². The van der Waals surface area contributed by atoms with E-state index in [0.29, 0.717) is 21.9 Å². The van der Waals surface area contributed by atoms with E-state index in [1.165, 1.54) is 10.9 Å². The summed E-state index contributed by atoms with van der Waals surface area (Å²) in [7, 11) is 0. The van der Waals surface area contributed by atoms with Crippen LogP contribution in [-0.2, 0) is 6.54 Å². The minimum absolute atomic E-state index is 0.247. The molecule has 0 bridgehead atoms. The Bertz CT molecular complexity index is 353. The molecule has 0 aliphatic carbocycles. The van der Waals surface area contributed by atoms with E-state index in [1.54, 1.807) is 0 Å². The fraction of sp³-hybridized carbons (Fsp3) is 0.429. The number of aromatic nitrogens is 2. The highest BCUT2D eigenvalue weighted by molar-refractivity contribution is 9.13. The molecule has 13 heavy (non-hydrogen) atoms. The largest absolute Gasteiger partial charge is 0.282 e. The fourth-order valence-corrected chi connectivity index (χ4v) is 1.38. The Hall–Kier alpha value is -0.230. The normalized spacial score (nSPS) is 10.4. The van der Waals surface area contributed by atoms with Gasteiger partial charge in [-0.15, -0.1) is 0 Å². The van der Waals surface area contributed by atoms with Gasteiger partial charge in [0.05, 0.1) is 17.3 Å². The van der Waals surface area contributed by atoms with Crippen LogP contribution in [0.25, 0.3) is 0 Å². The van der Waals surface area contributed by atoms with Gasteiger partial charge in [-0.3, -0.25) is 9.18 Å². The lowest BCUT2D eigenvalue weighted by molar-refractivity contribution is 0.427. The highest BCUT2D eigenvalue weighted by Crippen LogP contribution is 2.16. The van der Waals surface area contributed by atoms with Crippen molar-refractivity contribution >= 4 is 31.9 Å². The smallest absolute Gasteiger partial charge is 0.266 e. The van der Waals surface area contributed by atoms with Crippen LogP contribution in [0.1, 0.15) is 6.42 Å². The molecule has 6 heteroatoms. The molecule has 0 atom stereocenters. The zero-order valence-electron chi connectivity index (χ0n) is 6.64. The number of hydrogen-bond acceptors (Lipinski definition) is 2. The maximum absolute atomic E-state index is 11.8. The fourth-order valence-electron chi connectivity index (χ4n) is 0.814. The van der Waals surface area contributed by atoms with E-state index in [2.05, 4.69) is 37.0 Å². The van der Waals surface area contributed by atoms with Crippen molar-refractivity contribution in [2.75, 3.05) is 6.67 Å². The van der Waals surface area contributed by atoms with Gasteiger partial charge >= 0.3 is 0 Å². The predicted octanol–water partition coefficient (Wildman–Crippen LogP) is 2.13. The summed E-state index contributed by atoms with van der Waals surface area (Å²) >= 11 is 6.26. The molecule has 1 aromatic rings. The highest BCUT2D eigenvalue weighted by Gasteiger charge is 2.05. The molecule has 0 saturated carbocycles. The van der Waals surface area contributed by atoms with Crippen molar-refractivity contribution in [1.82, 2.24) is 9.78 Å². The number of alkyl halides is 1. The van der Waals surface area contributed by atoms with Gasteiger partial charge in [0.25, 0.3) is 5.56 Å². The summed E-state index contributed by atoms with van der Waals surface area (Å²) < 4.78 is 14.1. The Balaban J connectivity index is 2.97. The Kier molecular flexibility index (Phi) is 4.05.